The molecule has 17 heavy (non-hydrogen) atoms. The normalized spacial score (nSPS) is 12.0. The predicted octanol–water partition coefficient (Wildman–Crippen LogP) is 4.20. The number of esters is 1. The van der Waals surface area contributed by atoms with Crippen molar-refractivity contribution in [1.82, 2.24) is 0 Å². The minimum atomic E-state index is -0.232. The van der Waals surface area contributed by atoms with Crippen molar-refractivity contribution in [2.24, 2.45) is 0 Å². The Bertz CT molecular complexity index is 436. The summed E-state index contributed by atoms with van der Waals surface area (Å²) in [6, 6.07) is 7.96. The number of carbonyl (C=O) groups excluding carboxylic acids is 1. The maximum Gasteiger partial charge on any atom is 0.333 e. The summed E-state index contributed by atoms with van der Waals surface area (Å²) in [6.45, 7) is 6.08. The molecule has 0 amide bonds. The fraction of sp³-hybridized carbons (Fsp3) is 0.357. The minimum absolute atomic E-state index is 0.232. The van der Waals surface area contributed by atoms with Crippen LogP contribution in [0, 0.1) is 0 Å². The highest BCUT2D eigenvalue weighted by Gasteiger charge is 2.12. The van der Waals surface area contributed by atoms with Crippen molar-refractivity contribution in [3.8, 4) is 0 Å². The van der Waals surface area contributed by atoms with Crippen molar-refractivity contribution < 1.29 is 9.53 Å². The fourth-order valence-corrected chi connectivity index (χ4v) is 2.12. The first-order valence-electron chi connectivity index (χ1n) is 5.73. The van der Waals surface area contributed by atoms with E-state index in [0.717, 1.165) is 22.0 Å². The molecule has 0 bridgehead atoms. The van der Waals surface area contributed by atoms with Gasteiger partial charge in [0.1, 0.15) is 0 Å². The zero-order valence-corrected chi connectivity index (χ0v) is 12.0. The van der Waals surface area contributed by atoms with Crippen LogP contribution in [0.1, 0.15) is 32.8 Å². The van der Waals surface area contributed by atoms with Crippen molar-refractivity contribution in [2.75, 3.05) is 6.61 Å². The second-order valence-electron chi connectivity index (χ2n) is 3.69. The molecule has 0 aliphatic heterocycles. The largest absolute Gasteiger partial charge is 0.463 e. The van der Waals surface area contributed by atoms with Crippen molar-refractivity contribution in [3.05, 3.63) is 39.9 Å². The number of hydrogen-bond acceptors (Lipinski definition) is 2. The second-order valence-corrected chi connectivity index (χ2v) is 4.60. The van der Waals surface area contributed by atoms with Gasteiger partial charge in [-0.3, -0.25) is 0 Å². The molecule has 0 atom stereocenters. The van der Waals surface area contributed by atoms with Gasteiger partial charge in [0.25, 0.3) is 0 Å². The van der Waals surface area contributed by atoms with Crippen LogP contribution in [0.5, 0.6) is 0 Å². The van der Waals surface area contributed by atoms with Gasteiger partial charge in [-0.15, -0.1) is 0 Å². The molecule has 0 unspecified atom stereocenters. The number of hydrogen-bond donors (Lipinski definition) is 0. The van der Waals surface area contributed by atoms with Crippen LogP contribution >= 0.6 is 15.9 Å². The number of rotatable bonds is 4. The number of benzene rings is 1. The number of carbonyl (C=O) groups is 1. The molecule has 0 aromatic heterocycles. The molecule has 0 spiro atoms. The van der Waals surface area contributed by atoms with Gasteiger partial charge in [0, 0.05) is 10.0 Å². The molecular formula is C14H17BrO2. The summed E-state index contributed by atoms with van der Waals surface area (Å²) in [7, 11) is 0. The van der Waals surface area contributed by atoms with Crippen LogP contribution in [0.15, 0.2) is 34.3 Å². The van der Waals surface area contributed by atoms with Crippen LogP contribution in [0.25, 0.3) is 5.57 Å². The smallest absolute Gasteiger partial charge is 0.333 e. The van der Waals surface area contributed by atoms with Gasteiger partial charge in [-0.2, -0.15) is 0 Å². The first-order valence-corrected chi connectivity index (χ1v) is 6.52. The Labute approximate surface area is 111 Å². The molecule has 0 radical (unpaired) electrons. The quantitative estimate of drug-likeness (QED) is 0.615. The summed E-state index contributed by atoms with van der Waals surface area (Å²) >= 11 is 3.44. The standard InChI is InChI=1S/C14H17BrO2/c1-4-13(10(3)14(16)17-5-2)11-7-6-8-12(15)9-11/h6-9H,4-5H2,1-3H3/b13-10-. The SMILES string of the molecule is CCOC(=O)/C(C)=C(/CC)c1cccc(Br)c1. The van der Waals surface area contributed by atoms with E-state index in [1.165, 1.54) is 0 Å². The molecule has 3 heteroatoms. The Morgan fingerprint density at radius 3 is 2.59 bits per heavy atom. The molecule has 92 valence electrons. The van der Waals surface area contributed by atoms with E-state index in [4.69, 9.17) is 4.74 Å². The Morgan fingerprint density at radius 2 is 2.06 bits per heavy atom. The highest BCUT2D eigenvalue weighted by atomic mass is 79.9. The third-order valence-corrected chi connectivity index (χ3v) is 3.05. The lowest BCUT2D eigenvalue weighted by molar-refractivity contribution is -0.138. The monoisotopic (exact) mass is 296 g/mol. The van der Waals surface area contributed by atoms with Crippen LogP contribution in [0.2, 0.25) is 0 Å². The van der Waals surface area contributed by atoms with E-state index in [-0.39, 0.29) is 5.97 Å². The first-order chi connectivity index (χ1) is 8.10. The van der Waals surface area contributed by atoms with E-state index in [1.807, 2.05) is 45.0 Å². The molecular weight excluding hydrogens is 280 g/mol. The van der Waals surface area contributed by atoms with Crippen LogP contribution in [-0.4, -0.2) is 12.6 Å². The molecule has 0 fully saturated rings. The molecule has 1 rings (SSSR count). The third kappa shape index (κ3) is 3.70. The molecule has 0 N–H and O–H groups in total. The van der Waals surface area contributed by atoms with E-state index in [1.54, 1.807) is 0 Å². The van der Waals surface area contributed by atoms with Gasteiger partial charge in [0.15, 0.2) is 0 Å². The lowest BCUT2D eigenvalue weighted by atomic mass is 9.98. The molecule has 0 aliphatic carbocycles. The Balaban J connectivity index is 3.13. The van der Waals surface area contributed by atoms with Gasteiger partial charge < -0.3 is 4.74 Å². The topological polar surface area (TPSA) is 26.3 Å². The van der Waals surface area contributed by atoms with E-state index in [9.17, 15) is 4.79 Å². The molecule has 1 aromatic rings. The maximum absolute atomic E-state index is 11.7. The zero-order valence-electron chi connectivity index (χ0n) is 10.4. The molecule has 0 saturated heterocycles. The predicted molar refractivity (Wildman–Crippen MR) is 73.7 cm³/mol. The van der Waals surface area contributed by atoms with Gasteiger partial charge in [0.2, 0.25) is 0 Å². The van der Waals surface area contributed by atoms with Gasteiger partial charge in [-0.05, 0) is 43.5 Å². The summed E-state index contributed by atoms with van der Waals surface area (Å²) in [6.07, 6.45) is 0.807. The minimum Gasteiger partial charge on any atom is -0.463 e. The summed E-state index contributed by atoms with van der Waals surface area (Å²) in [5.41, 5.74) is 2.78. The lowest BCUT2D eigenvalue weighted by Crippen LogP contribution is -2.07. The summed E-state index contributed by atoms with van der Waals surface area (Å²) in [5, 5.41) is 0. The van der Waals surface area contributed by atoms with Crippen LogP contribution in [0.3, 0.4) is 0 Å². The van der Waals surface area contributed by atoms with Gasteiger partial charge in [-0.25, -0.2) is 4.79 Å². The Morgan fingerprint density at radius 1 is 1.35 bits per heavy atom. The van der Waals surface area contributed by atoms with Crippen molar-refractivity contribution in [1.29, 1.82) is 0 Å². The van der Waals surface area contributed by atoms with E-state index < -0.39 is 0 Å². The van der Waals surface area contributed by atoms with Crippen molar-refractivity contribution >= 4 is 27.5 Å². The molecule has 1 aromatic carbocycles. The summed E-state index contributed by atoms with van der Waals surface area (Å²) in [5.74, 6) is -0.232. The maximum atomic E-state index is 11.7. The van der Waals surface area contributed by atoms with Gasteiger partial charge >= 0.3 is 5.97 Å². The summed E-state index contributed by atoms with van der Waals surface area (Å²) < 4.78 is 6.04. The molecule has 0 aliphatic rings. The first kappa shape index (κ1) is 14.0. The number of ether oxygens (including phenoxy) is 1. The molecule has 2 nitrogen and oxygen atoms in total. The van der Waals surface area contributed by atoms with Crippen molar-refractivity contribution in [3.63, 3.8) is 0 Å². The Hall–Kier alpha value is -1.09. The van der Waals surface area contributed by atoms with Gasteiger partial charge in [0.05, 0.1) is 6.61 Å². The van der Waals surface area contributed by atoms with E-state index in [0.29, 0.717) is 12.2 Å². The highest BCUT2D eigenvalue weighted by Crippen LogP contribution is 2.25. The van der Waals surface area contributed by atoms with Gasteiger partial charge in [-0.1, -0.05) is 35.0 Å². The fourth-order valence-electron chi connectivity index (χ4n) is 1.72. The third-order valence-electron chi connectivity index (χ3n) is 2.56. The number of allylic oxidation sites excluding steroid dienone is 1. The van der Waals surface area contributed by atoms with Crippen LogP contribution in [0.4, 0.5) is 0 Å². The molecule has 0 heterocycles. The van der Waals surface area contributed by atoms with E-state index >= 15 is 0 Å². The van der Waals surface area contributed by atoms with E-state index in [2.05, 4.69) is 15.9 Å². The average molecular weight is 297 g/mol. The Kier molecular flexibility index (Phi) is 5.42. The number of halogens is 1. The van der Waals surface area contributed by atoms with Crippen molar-refractivity contribution in [2.45, 2.75) is 27.2 Å². The highest BCUT2D eigenvalue weighted by molar-refractivity contribution is 9.10. The summed E-state index contributed by atoms with van der Waals surface area (Å²) in [4.78, 5) is 11.7. The molecule has 0 saturated carbocycles. The lowest BCUT2D eigenvalue weighted by Gasteiger charge is -2.10. The van der Waals surface area contributed by atoms with Crippen LogP contribution in [-0.2, 0) is 9.53 Å². The van der Waals surface area contributed by atoms with Crippen LogP contribution < -0.4 is 0 Å². The second kappa shape index (κ2) is 6.60. The average Bonchev–Trinajstić information content (AvgIpc) is 2.30. The zero-order chi connectivity index (χ0) is 12.8.